The normalized spacial score (nSPS) is 14.2. The largest absolute Gasteiger partial charge is 0.350 e. The Bertz CT molecular complexity index is 1690. The number of hydrogen-bond donors (Lipinski definition) is 1. The van der Waals surface area contributed by atoms with Crippen LogP contribution in [0.2, 0.25) is 10.0 Å². The molecular weight excluding hydrogens is 629 g/mol. The number of benzene rings is 4. The van der Waals surface area contributed by atoms with Gasteiger partial charge in [0, 0.05) is 42.6 Å². The molecule has 0 unspecified atom stereocenters. The minimum Gasteiger partial charge on any atom is -0.350 e. The average molecular weight is 665 g/mol. The molecule has 0 spiro atoms. The van der Waals surface area contributed by atoms with Gasteiger partial charge in [0.05, 0.1) is 4.90 Å². The van der Waals surface area contributed by atoms with E-state index < -0.39 is 16.1 Å². The second-order valence-electron chi connectivity index (χ2n) is 11.1. The number of sulfonamides is 1. The van der Waals surface area contributed by atoms with E-state index >= 15 is 0 Å². The monoisotopic (exact) mass is 663 g/mol. The van der Waals surface area contributed by atoms with Gasteiger partial charge in [-0.05, 0) is 77.9 Å². The zero-order valence-corrected chi connectivity index (χ0v) is 27.1. The van der Waals surface area contributed by atoms with Crippen LogP contribution in [0.5, 0.6) is 0 Å². The molecule has 1 saturated heterocycles. The first kappa shape index (κ1) is 32.7. The fourth-order valence-electron chi connectivity index (χ4n) is 5.41. The van der Waals surface area contributed by atoms with E-state index in [1.54, 1.807) is 53.4 Å². The maximum Gasteiger partial charge on any atom is 0.247 e. The molecule has 1 atom stereocenters. The molecule has 1 aliphatic rings. The first-order valence-corrected chi connectivity index (χ1v) is 17.1. The summed E-state index contributed by atoms with van der Waals surface area (Å²) in [5.74, 6) is -0.524. The van der Waals surface area contributed by atoms with Crippen LogP contribution in [0.15, 0.2) is 108 Å². The van der Waals surface area contributed by atoms with Gasteiger partial charge in [-0.15, -0.1) is 0 Å². The van der Waals surface area contributed by atoms with Gasteiger partial charge in [-0.3, -0.25) is 9.59 Å². The van der Waals surface area contributed by atoms with Crippen LogP contribution in [0, 0.1) is 0 Å². The van der Waals surface area contributed by atoms with Crippen molar-refractivity contribution in [3.63, 3.8) is 0 Å². The van der Waals surface area contributed by atoms with E-state index in [0.717, 1.165) is 29.5 Å². The van der Waals surface area contributed by atoms with E-state index in [4.69, 9.17) is 23.2 Å². The van der Waals surface area contributed by atoms with Crippen molar-refractivity contribution in [3.05, 3.63) is 135 Å². The quantitative estimate of drug-likeness (QED) is 0.181. The van der Waals surface area contributed by atoms with Crippen molar-refractivity contribution in [2.45, 2.75) is 49.7 Å². The fraction of sp³-hybridized carbons (Fsp3) is 0.257. The van der Waals surface area contributed by atoms with Gasteiger partial charge in [0.15, 0.2) is 0 Å². The van der Waals surface area contributed by atoms with Crippen LogP contribution in [0.4, 0.5) is 0 Å². The van der Waals surface area contributed by atoms with Crippen molar-refractivity contribution in [2.24, 2.45) is 0 Å². The van der Waals surface area contributed by atoms with Gasteiger partial charge in [0.2, 0.25) is 21.8 Å². The van der Waals surface area contributed by atoms with Gasteiger partial charge in [0.25, 0.3) is 0 Å². The second kappa shape index (κ2) is 15.1. The molecule has 4 aromatic rings. The Labute approximate surface area is 274 Å². The number of halogens is 2. The summed E-state index contributed by atoms with van der Waals surface area (Å²) in [6.07, 6.45) is 2.25. The molecule has 7 nitrogen and oxygen atoms in total. The van der Waals surface area contributed by atoms with Gasteiger partial charge in [-0.1, -0.05) is 89.9 Å². The number of aryl methyl sites for hydroxylation is 1. The summed E-state index contributed by atoms with van der Waals surface area (Å²) >= 11 is 12.2. The molecule has 0 aliphatic carbocycles. The highest BCUT2D eigenvalue weighted by atomic mass is 35.5. The molecule has 5 rings (SSSR count). The molecule has 0 saturated carbocycles. The Hall–Kier alpha value is -3.69. The molecule has 1 aliphatic heterocycles. The van der Waals surface area contributed by atoms with Crippen molar-refractivity contribution in [2.75, 3.05) is 13.1 Å². The first-order valence-electron chi connectivity index (χ1n) is 14.9. The van der Waals surface area contributed by atoms with E-state index in [1.165, 1.54) is 4.31 Å². The molecule has 1 heterocycles. The lowest BCUT2D eigenvalue weighted by Crippen LogP contribution is -2.43. The van der Waals surface area contributed by atoms with Gasteiger partial charge in [-0.2, -0.15) is 4.31 Å². The molecule has 4 aromatic carbocycles. The second-order valence-corrected chi connectivity index (χ2v) is 13.9. The van der Waals surface area contributed by atoms with E-state index in [9.17, 15) is 18.0 Å². The number of rotatable bonds is 12. The third-order valence-corrected chi connectivity index (χ3v) is 10.3. The predicted octanol–water partition coefficient (Wildman–Crippen LogP) is 6.80. The minimum atomic E-state index is -3.52. The maximum atomic E-state index is 14.0. The lowest BCUT2D eigenvalue weighted by molar-refractivity contribution is -0.141. The SMILES string of the molecule is O=C(NCc1ccc(Cl)cc1)[C@@H](c1ccccc1)N(Cc1ccc(Cl)cc1)C(=O)CCc1ccc(S(=O)(=O)N2CCCC2)cc1. The lowest BCUT2D eigenvalue weighted by Gasteiger charge is -2.32. The zero-order valence-electron chi connectivity index (χ0n) is 24.7. The van der Waals surface area contributed by atoms with Gasteiger partial charge in [0.1, 0.15) is 6.04 Å². The van der Waals surface area contributed by atoms with Crippen molar-refractivity contribution in [1.82, 2.24) is 14.5 Å². The summed E-state index contributed by atoms with van der Waals surface area (Å²) in [5, 5.41) is 4.19. The number of hydrogen-bond acceptors (Lipinski definition) is 4. The Balaban J connectivity index is 1.37. The van der Waals surface area contributed by atoms with E-state index in [0.29, 0.717) is 35.1 Å². The first-order chi connectivity index (χ1) is 21.7. The van der Waals surface area contributed by atoms with Crippen molar-refractivity contribution in [3.8, 4) is 0 Å². The van der Waals surface area contributed by atoms with E-state index in [-0.39, 0.29) is 36.2 Å². The number of nitrogens with one attached hydrogen (secondary N) is 1. The molecule has 0 bridgehead atoms. The van der Waals surface area contributed by atoms with Gasteiger partial charge < -0.3 is 10.2 Å². The minimum absolute atomic E-state index is 0.125. The molecule has 0 radical (unpaired) electrons. The molecule has 0 aromatic heterocycles. The smallest absolute Gasteiger partial charge is 0.247 e. The molecule has 234 valence electrons. The van der Waals surface area contributed by atoms with Crippen LogP contribution < -0.4 is 5.32 Å². The van der Waals surface area contributed by atoms with Crippen LogP contribution in [0.1, 0.15) is 47.6 Å². The molecular formula is C35H35Cl2N3O4S. The Kier molecular flexibility index (Phi) is 10.9. The fourth-order valence-corrected chi connectivity index (χ4v) is 7.18. The molecule has 1 fully saturated rings. The standard InChI is InChI=1S/C35H35Cl2N3O4S/c36-30-15-8-27(9-16-30)24-38-35(42)34(29-6-2-1-3-7-29)40(25-28-10-17-31(37)18-11-28)33(41)21-14-26-12-19-32(20-13-26)45(43,44)39-22-4-5-23-39/h1-3,6-13,15-20,34H,4-5,14,21-25H2,(H,38,42)/t34-/m1/s1. The Morgan fingerprint density at radius 3 is 1.91 bits per heavy atom. The lowest BCUT2D eigenvalue weighted by atomic mass is 10.0. The summed E-state index contributed by atoms with van der Waals surface area (Å²) < 4.78 is 27.4. The summed E-state index contributed by atoms with van der Waals surface area (Å²) in [7, 11) is -3.52. The number of carbonyl (C=O) groups excluding carboxylic acids is 2. The molecule has 2 amide bonds. The number of carbonyl (C=O) groups is 2. The van der Waals surface area contributed by atoms with Crippen LogP contribution in [-0.2, 0) is 39.1 Å². The highest BCUT2D eigenvalue weighted by Gasteiger charge is 2.31. The summed E-state index contributed by atoms with van der Waals surface area (Å²) in [5.41, 5.74) is 3.23. The van der Waals surface area contributed by atoms with Crippen molar-refractivity contribution in [1.29, 1.82) is 0 Å². The van der Waals surface area contributed by atoms with Gasteiger partial charge >= 0.3 is 0 Å². The molecule has 1 N–H and O–H groups in total. The van der Waals surface area contributed by atoms with E-state index in [1.807, 2.05) is 54.6 Å². The van der Waals surface area contributed by atoms with Crippen molar-refractivity contribution < 1.29 is 18.0 Å². The van der Waals surface area contributed by atoms with Crippen LogP contribution in [0.25, 0.3) is 0 Å². The van der Waals surface area contributed by atoms with Crippen molar-refractivity contribution >= 4 is 45.0 Å². The maximum absolute atomic E-state index is 14.0. The highest BCUT2D eigenvalue weighted by molar-refractivity contribution is 7.89. The van der Waals surface area contributed by atoms with Gasteiger partial charge in [-0.25, -0.2) is 8.42 Å². The third kappa shape index (κ3) is 8.52. The van der Waals surface area contributed by atoms with E-state index in [2.05, 4.69) is 5.32 Å². The van der Waals surface area contributed by atoms with Crippen LogP contribution in [0.3, 0.4) is 0 Å². The topological polar surface area (TPSA) is 86.8 Å². The molecule has 45 heavy (non-hydrogen) atoms. The van der Waals surface area contributed by atoms with Crippen LogP contribution >= 0.6 is 23.2 Å². The Morgan fingerprint density at radius 1 is 0.756 bits per heavy atom. The molecule has 10 heteroatoms. The number of amides is 2. The number of nitrogens with zero attached hydrogens (tertiary/aromatic N) is 2. The summed E-state index contributed by atoms with van der Waals surface area (Å²) in [4.78, 5) is 29.8. The van der Waals surface area contributed by atoms with Crippen LogP contribution in [-0.4, -0.2) is 42.5 Å². The summed E-state index contributed by atoms with van der Waals surface area (Å²) in [6, 6.07) is 29.5. The average Bonchev–Trinajstić information content (AvgIpc) is 3.61. The third-order valence-electron chi connectivity index (χ3n) is 7.90. The zero-order chi connectivity index (χ0) is 31.8. The highest BCUT2D eigenvalue weighted by Crippen LogP contribution is 2.27. The Morgan fingerprint density at radius 2 is 1.31 bits per heavy atom. The summed E-state index contributed by atoms with van der Waals surface area (Å²) in [6.45, 7) is 1.54. The predicted molar refractivity (Wildman–Crippen MR) is 177 cm³/mol.